The van der Waals surface area contributed by atoms with E-state index in [-0.39, 0.29) is 11.3 Å². The minimum Gasteiger partial charge on any atom is -0.507 e. The summed E-state index contributed by atoms with van der Waals surface area (Å²) in [5.74, 6) is -0.940. The van der Waals surface area contributed by atoms with Crippen molar-refractivity contribution in [2.75, 3.05) is 34.3 Å². The Balaban J connectivity index is 1.95. The quantitative estimate of drug-likeness (QED) is 0.353. The van der Waals surface area contributed by atoms with Gasteiger partial charge in [0.25, 0.3) is 11.7 Å². The number of aromatic amines is 1. The molecular weight excluding hydrogens is 406 g/mol. The number of aliphatic hydroxyl groups excluding tert-OH is 1. The molecule has 7 nitrogen and oxygen atoms in total. The van der Waals surface area contributed by atoms with Crippen molar-refractivity contribution in [2.45, 2.75) is 13.0 Å². The molecule has 3 aromatic rings. The number of para-hydroxylation sites is 1. The number of ether oxygens (including phenoxy) is 1. The number of carbonyl (C=O) groups excluding carboxylic acids is 2. The topological polar surface area (TPSA) is 85.9 Å². The zero-order valence-electron chi connectivity index (χ0n) is 18.7. The average Bonchev–Trinajstić information content (AvgIpc) is 3.24. The Morgan fingerprint density at radius 1 is 1.16 bits per heavy atom. The second-order valence-corrected chi connectivity index (χ2v) is 8.24. The van der Waals surface area contributed by atoms with Gasteiger partial charge in [-0.05, 0) is 39.2 Å². The van der Waals surface area contributed by atoms with Gasteiger partial charge in [0.2, 0.25) is 0 Å². The zero-order valence-corrected chi connectivity index (χ0v) is 18.7. The lowest BCUT2D eigenvalue weighted by molar-refractivity contribution is -0.140. The van der Waals surface area contributed by atoms with E-state index in [4.69, 9.17) is 4.74 Å². The Kier molecular flexibility index (Phi) is 5.76. The van der Waals surface area contributed by atoms with Crippen LogP contribution in [0, 0.1) is 6.92 Å². The molecule has 1 aromatic heterocycles. The number of methoxy groups -OCH3 is 1. The number of benzene rings is 2. The number of likely N-dealkylation sites (N-methyl/N-ethyl adjacent to an activating group) is 1. The number of likely N-dealkylation sites (tertiary alicyclic amines) is 1. The van der Waals surface area contributed by atoms with E-state index in [0.29, 0.717) is 24.4 Å². The van der Waals surface area contributed by atoms with Gasteiger partial charge in [-0.3, -0.25) is 9.59 Å². The van der Waals surface area contributed by atoms with E-state index in [9.17, 15) is 14.7 Å². The summed E-state index contributed by atoms with van der Waals surface area (Å²) in [7, 11) is 5.37. The van der Waals surface area contributed by atoms with Crippen molar-refractivity contribution in [1.29, 1.82) is 0 Å². The molecule has 7 heteroatoms. The number of aliphatic hydroxyl groups is 1. The molecule has 2 N–H and O–H groups in total. The van der Waals surface area contributed by atoms with Crippen molar-refractivity contribution >= 4 is 28.4 Å². The first-order valence-electron chi connectivity index (χ1n) is 10.5. The van der Waals surface area contributed by atoms with Crippen LogP contribution >= 0.6 is 0 Å². The van der Waals surface area contributed by atoms with Crippen LogP contribution in [-0.2, 0) is 9.59 Å². The third-order valence-corrected chi connectivity index (χ3v) is 5.89. The second-order valence-electron chi connectivity index (χ2n) is 8.24. The highest BCUT2D eigenvalue weighted by Gasteiger charge is 2.47. The van der Waals surface area contributed by atoms with Crippen molar-refractivity contribution in [3.8, 4) is 5.75 Å². The van der Waals surface area contributed by atoms with Gasteiger partial charge in [-0.2, -0.15) is 0 Å². The normalized spacial score (nSPS) is 18.2. The van der Waals surface area contributed by atoms with Gasteiger partial charge in [0.15, 0.2) is 0 Å². The third kappa shape index (κ3) is 3.65. The molecule has 1 atom stereocenters. The van der Waals surface area contributed by atoms with Gasteiger partial charge in [0.05, 0.1) is 18.7 Å². The number of aryl methyl sites for hydroxylation is 1. The van der Waals surface area contributed by atoms with Crippen molar-refractivity contribution in [3.05, 3.63) is 70.9 Å². The summed E-state index contributed by atoms with van der Waals surface area (Å²) in [6.45, 7) is 2.87. The van der Waals surface area contributed by atoms with E-state index in [1.54, 1.807) is 29.2 Å². The van der Waals surface area contributed by atoms with E-state index < -0.39 is 17.7 Å². The molecule has 1 saturated heterocycles. The Morgan fingerprint density at radius 2 is 1.91 bits per heavy atom. The molecule has 1 aliphatic heterocycles. The number of rotatable bonds is 6. The largest absolute Gasteiger partial charge is 0.507 e. The fraction of sp³-hybridized carbons (Fsp3) is 0.280. The number of Topliss-reactive ketones (excluding diaryl/α,β-unsaturated/α-hetero) is 1. The van der Waals surface area contributed by atoms with Crippen molar-refractivity contribution in [2.24, 2.45) is 0 Å². The van der Waals surface area contributed by atoms with Crippen LogP contribution < -0.4 is 4.74 Å². The van der Waals surface area contributed by atoms with Crippen LogP contribution in [0.5, 0.6) is 5.75 Å². The summed E-state index contributed by atoms with van der Waals surface area (Å²) >= 11 is 0. The maximum Gasteiger partial charge on any atom is 0.295 e. The lowest BCUT2D eigenvalue weighted by Crippen LogP contribution is -2.35. The number of H-pyrrole nitrogens is 1. The van der Waals surface area contributed by atoms with E-state index in [0.717, 1.165) is 22.2 Å². The van der Waals surface area contributed by atoms with Crippen LogP contribution in [0.15, 0.2) is 54.1 Å². The lowest BCUT2D eigenvalue weighted by Gasteiger charge is -2.27. The van der Waals surface area contributed by atoms with Crippen LogP contribution in [0.25, 0.3) is 16.7 Å². The summed E-state index contributed by atoms with van der Waals surface area (Å²) in [6.07, 6.45) is 0. The molecular formula is C25H27N3O4. The molecule has 1 aliphatic rings. The molecule has 0 saturated carbocycles. The second kappa shape index (κ2) is 8.51. The van der Waals surface area contributed by atoms with Gasteiger partial charge in [-0.1, -0.05) is 30.3 Å². The molecule has 0 aliphatic carbocycles. The highest BCUT2D eigenvalue weighted by Crippen LogP contribution is 2.43. The predicted octanol–water partition coefficient (Wildman–Crippen LogP) is 3.47. The summed E-state index contributed by atoms with van der Waals surface area (Å²) in [6, 6.07) is 13.9. The van der Waals surface area contributed by atoms with Crippen LogP contribution in [0.4, 0.5) is 0 Å². The van der Waals surface area contributed by atoms with E-state index >= 15 is 0 Å². The monoisotopic (exact) mass is 433 g/mol. The Bertz CT molecular complexity index is 1220. The van der Waals surface area contributed by atoms with Crippen molar-refractivity contribution < 1.29 is 19.4 Å². The summed E-state index contributed by atoms with van der Waals surface area (Å²) in [5, 5.41) is 12.2. The Morgan fingerprint density at radius 3 is 2.62 bits per heavy atom. The molecule has 0 bridgehead atoms. The maximum absolute atomic E-state index is 13.2. The first kappa shape index (κ1) is 21.6. The van der Waals surface area contributed by atoms with E-state index in [2.05, 4.69) is 4.98 Å². The number of aromatic nitrogens is 1. The molecule has 0 spiro atoms. The molecule has 1 unspecified atom stereocenters. The first-order valence-corrected chi connectivity index (χ1v) is 10.5. The number of fused-ring (bicyclic) bond motifs is 1. The van der Waals surface area contributed by atoms with Crippen LogP contribution in [0.1, 0.15) is 22.9 Å². The Hall–Kier alpha value is -3.58. The smallest absolute Gasteiger partial charge is 0.295 e. The van der Waals surface area contributed by atoms with Gasteiger partial charge in [-0.15, -0.1) is 0 Å². The summed E-state index contributed by atoms with van der Waals surface area (Å²) in [5.41, 5.74) is 3.11. The van der Waals surface area contributed by atoms with E-state index in [1.165, 1.54) is 7.11 Å². The standard InChI is InChI=1S/C25H27N3O4/c1-15-20(18-10-5-6-11-19(18)26-15)22-21(23(29)16-8-7-9-17(14-16)32-4)24(30)25(31)28(22)13-12-27(2)3/h5-11,14,22,26,29H,12-13H2,1-4H3/b23-21+. The van der Waals surface area contributed by atoms with Crippen LogP contribution in [0.3, 0.4) is 0 Å². The van der Waals surface area contributed by atoms with Gasteiger partial charge >= 0.3 is 0 Å². The number of amides is 1. The number of hydrogen-bond acceptors (Lipinski definition) is 5. The molecule has 2 heterocycles. The van der Waals surface area contributed by atoms with Crippen LogP contribution in [-0.4, -0.2) is 65.9 Å². The summed E-state index contributed by atoms with van der Waals surface area (Å²) < 4.78 is 5.27. The van der Waals surface area contributed by atoms with Gasteiger partial charge in [-0.25, -0.2) is 0 Å². The third-order valence-electron chi connectivity index (χ3n) is 5.89. The van der Waals surface area contributed by atoms with Gasteiger partial charge in [0.1, 0.15) is 11.5 Å². The highest BCUT2D eigenvalue weighted by molar-refractivity contribution is 6.46. The molecule has 4 rings (SSSR count). The average molecular weight is 434 g/mol. The number of nitrogens with one attached hydrogen (secondary N) is 1. The Labute approximate surface area is 186 Å². The van der Waals surface area contributed by atoms with Gasteiger partial charge < -0.3 is 24.6 Å². The number of hydrogen-bond donors (Lipinski definition) is 2. The minimum atomic E-state index is -0.697. The molecule has 2 aromatic carbocycles. The number of carbonyl (C=O) groups is 2. The highest BCUT2D eigenvalue weighted by atomic mass is 16.5. The fourth-order valence-corrected chi connectivity index (χ4v) is 4.30. The van der Waals surface area contributed by atoms with Gasteiger partial charge in [0, 0.05) is 40.8 Å². The van der Waals surface area contributed by atoms with Crippen LogP contribution in [0.2, 0.25) is 0 Å². The number of ketones is 1. The maximum atomic E-state index is 13.2. The molecule has 1 fully saturated rings. The fourth-order valence-electron chi connectivity index (χ4n) is 4.30. The summed E-state index contributed by atoms with van der Waals surface area (Å²) in [4.78, 5) is 33.2. The molecule has 1 amide bonds. The lowest BCUT2D eigenvalue weighted by atomic mass is 9.93. The molecule has 166 valence electrons. The SMILES string of the molecule is COc1cccc(/C(O)=C2\C(=O)C(=O)N(CCN(C)C)C2c2c(C)[nH]c3ccccc23)c1. The van der Waals surface area contributed by atoms with Crippen molar-refractivity contribution in [1.82, 2.24) is 14.8 Å². The van der Waals surface area contributed by atoms with Crippen molar-refractivity contribution in [3.63, 3.8) is 0 Å². The predicted molar refractivity (Wildman–Crippen MR) is 124 cm³/mol. The first-order chi connectivity index (χ1) is 15.3. The zero-order chi connectivity index (χ0) is 23.0. The van der Waals surface area contributed by atoms with E-state index in [1.807, 2.05) is 50.2 Å². The molecule has 32 heavy (non-hydrogen) atoms. The number of nitrogens with zero attached hydrogens (tertiary/aromatic N) is 2. The minimum absolute atomic E-state index is 0.0925. The molecule has 0 radical (unpaired) electrons.